The Hall–Kier alpha value is -5.57. The van der Waals surface area contributed by atoms with Crippen LogP contribution < -0.4 is 10.6 Å². The van der Waals surface area contributed by atoms with Crippen molar-refractivity contribution in [1.29, 1.82) is 0 Å². The van der Waals surface area contributed by atoms with Gasteiger partial charge in [-0.1, -0.05) is 93.1 Å². The molecule has 4 aliphatic rings. The molecule has 2 saturated heterocycles. The van der Waals surface area contributed by atoms with Gasteiger partial charge in [-0.2, -0.15) is 0 Å². The SMILES string of the molecule is Cc1cc(C)c(C2=C(OCc3ccccc3)C3(CCC(OCCOCCN4CCN(CCOCCOCC(=O)N[C@H](C(=O)N5C[C@H](O)C[C@H]5C(=O)N[C@@H](C)c5ccc(-c6scnc6C)cc5)C(C)(C)C)CC4)CC3)OC2=O)c(C)c1. The van der Waals surface area contributed by atoms with Crippen LogP contribution in [0.1, 0.15) is 105 Å². The van der Waals surface area contributed by atoms with Gasteiger partial charge in [-0.15, -0.1) is 11.3 Å². The van der Waals surface area contributed by atoms with Crippen molar-refractivity contribution in [2.24, 2.45) is 5.41 Å². The highest BCUT2D eigenvalue weighted by Crippen LogP contribution is 2.49. The standard InChI is InChI=1S/C62H84N6O11S/c1-41-34-42(2)53(43(3)35-41)54-57(78-38-46-12-10-9-11-13-46)62(79-60(54)73)20-18-50(19-21-62)77-33-32-75-29-27-67-24-22-66(23-25-67)26-28-74-30-31-76-39-52(70)65-56(61(6,7)8)59(72)68-37-49(69)36-51(68)58(71)64-44(4)47-14-16-48(17-15-47)55-45(5)63-40-80-55/h9-17,34-35,40,44,49-51,56,69H,18-33,36-39H2,1-8H3,(H,64,71)(H,65,70)/t44-,49+,50?,51-,56+,62?/m0/s1. The van der Waals surface area contributed by atoms with E-state index in [2.05, 4.69) is 44.5 Å². The summed E-state index contributed by atoms with van der Waals surface area (Å²) < 4.78 is 36.7. The van der Waals surface area contributed by atoms with Crippen LogP contribution in [0.2, 0.25) is 0 Å². The summed E-state index contributed by atoms with van der Waals surface area (Å²) in [6.07, 6.45) is 2.04. The van der Waals surface area contributed by atoms with Crippen LogP contribution in [-0.2, 0) is 54.2 Å². The van der Waals surface area contributed by atoms with Crippen LogP contribution in [0.3, 0.4) is 0 Å². The largest absolute Gasteiger partial charge is 0.488 e. The number of ether oxygens (including phenoxy) is 6. The van der Waals surface area contributed by atoms with E-state index in [0.717, 1.165) is 102 Å². The monoisotopic (exact) mass is 1120 g/mol. The van der Waals surface area contributed by atoms with Crippen molar-refractivity contribution in [3.8, 4) is 10.4 Å². The number of piperazine rings is 1. The van der Waals surface area contributed by atoms with Crippen molar-refractivity contribution in [2.75, 3.05) is 92.1 Å². The first-order valence-electron chi connectivity index (χ1n) is 28.5. The molecule has 0 unspecified atom stereocenters. The summed E-state index contributed by atoms with van der Waals surface area (Å²) in [6.45, 7) is 23.8. The number of carbonyl (C=O) groups is 4. The van der Waals surface area contributed by atoms with E-state index in [-0.39, 0.29) is 50.2 Å². The molecule has 0 bridgehead atoms. The number of aryl methyl sites for hydroxylation is 4. The molecule has 1 saturated carbocycles. The Morgan fingerprint density at radius 2 is 1.46 bits per heavy atom. The van der Waals surface area contributed by atoms with Crippen molar-refractivity contribution in [3.63, 3.8) is 0 Å². The van der Waals surface area contributed by atoms with E-state index in [0.29, 0.717) is 63.8 Å². The van der Waals surface area contributed by atoms with Crippen molar-refractivity contribution in [2.45, 2.75) is 130 Å². The average Bonchev–Trinajstić information content (AvgIpc) is 4.13. The third-order valence-electron chi connectivity index (χ3n) is 15.8. The number of esters is 1. The number of rotatable bonds is 25. The number of likely N-dealkylation sites (tertiary alicyclic amines) is 1. The molecule has 0 radical (unpaired) electrons. The van der Waals surface area contributed by atoms with Gasteiger partial charge in [-0.25, -0.2) is 9.78 Å². The van der Waals surface area contributed by atoms with Crippen LogP contribution in [0.25, 0.3) is 16.0 Å². The molecule has 1 spiro atoms. The molecule has 3 amide bonds. The van der Waals surface area contributed by atoms with Crippen LogP contribution >= 0.6 is 11.3 Å². The number of carbonyl (C=O) groups excluding carboxylic acids is 4. The van der Waals surface area contributed by atoms with E-state index >= 15 is 0 Å². The quantitative estimate of drug-likeness (QED) is 0.0444. The van der Waals surface area contributed by atoms with Crippen molar-refractivity contribution in [1.82, 2.24) is 30.3 Å². The Kier molecular flexibility index (Phi) is 21.1. The molecule has 3 fully saturated rings. The molecule has 434 valence electrons. The minimum atomic E-state index is -0.957. The Balaban J connectivity index is 0.671. The van der Waals surface area contributed by atoms with Gasteiger partial charge in [0.05, 0.1) is 74.0 Å². The molecule has 4 aromatic rings. The van der Waals surface area contributed by atoms with Crippen LogP contribution in [0, 0.1) is 33.1 Å². The lowest BCUT2D eigenvalue weighted by Gasteiger charge is -2.37. The minimum Gasteiger partial charge on any atom is -0.488 e. The lowest BCUT2D eigenvalue weighted by atomic mass is 9.80. The number of benzene rings is 3. The molecular formula is C62H84N6O11S. The van der Waals surface area contributed by atoms with Gasteiger partial charge < -0.3 is 49.1 Å². The number of aliphatic hydroxyl groups is 1. The highest BCUT2D eigenvalue weighted by molar-refractivity contribution is 7.13. The van der Waals surface area contributed by atoms with E-state index < -0.39 is 41.0 Å². The first-order valence-corrected chi connectivity index (χ1v) is 29.4. The predicted molar refractivity (Wildman–Crippen MR) is 308 cm³/mol. The summed E-state index contributed by atoms with van der Waals surface area (Å²) in [4.78, 5) is 66.3. The maximum atomic E-state index is 14.1. The zero-order valence-corrected chi connectivity index (χ0v) is 49.0. The second-order valence-corrected chi connectivity index (χ2v) is 23.9. The molecule has 17 nitrogen and oxygen atoms in total. The molecule has 1 aromatic heterocycles. The zero-order chi connectivity index (χ0) is 57.0. The Labute approximate surface area is 476 Å². The molecule has 4 heterocycles. The second kappa shape index (κ2) is 27.9. The molecule has 4 atom stereocenters. The summed E-state index contributed by atoms with van der Waals surface area (Å²) >= 11 is 1.58. The summed E-state index contributed by atoms with van der Waals surface area (Å²) in [7, 11) is 0. The topological polar surface area (TPSA) is 191 Å². The second-order valence-electron chi connectivity index (χ2n) is 23.0. The summed E-state index contributed by atoms with van der Waals surface area (Å²) in [5.41, 5.74) is 8.95. The van der Waals surface area contributed by atoms with E-state index in [1.54, 1.807) is 11.3 Å². The lowest BCUT2D eigenvalue weighted by Crippen LogP contribution is -2.58. The molecule has 1 aliphatic carbocycles. The van der Waals surface area contributed by atoms with Gasteiger partial charge in [0.1, 0.15) is 30.9 Å². The average molecular weight is 1120 g/mol. The fourth-order valence-electron chi connectivity index (χ4n) is 11.5. The van der Waals surface area contributed by atoms with Crippen molar-refractivity contribution < 1.29 is 52.7 Å². The molecule has 80 heavy (non-hydrogen) atoms. The van der Waals surface area contributed by atoms with Crippen LogP contribution in [0.5, 0.6) is 0 Å². The maximum absolute atomic E-state index is 14.1. The first-order chi connectivity index (χ1) is 38.4. The van der Waals surface area contributed by atoms with E-state index in [1.807, 2.05) is 109 Å². The molecule has 3 aliphatic heterocycles. The fraction of sp³-hybridized carbons (Fsp3) is 0.565. The molecular weight excluding hydrogens is 1040 g/mol. The Morgan fingerprint density at radius 3 is 2.08 bits per heavy atom. The molecule has 3 aromatic carbocycles. The highest BCUT2D eigenvalue weighted by Gasteiger charge is 2.52. The summed E-state index contributed by atoms with van der Waals surface area (Å²) in [5, 5.41) is 16.6. The van der Waals surface area contributed by atoms with E-state index in [9.17, 15) is 24.3 Å². The van der Waals surface area contributed by atoms with Gasteiger partial charge in [-0.3, -0.25) is 24.2 Å². The number of aromatic nitrogens is 1. The summed E-state index contributed by atoms with van der Waals surface area (Å²) in [5.74, 6) is -0.913. The van der Waals surface area contributed by atoms with Gasteiger partial charge >= 0.3 is 5.97 Å². The van der Waals surface area contributed by atoms with Crippen molar-refractivity contribution in [3.05, 3.63) is 117 Å². The molecule has 18 heteroatoms. The molecule has 3 N–H and O–H groups in total. The predicted octanol–water partition coefficient (Wildman–Crippen LogP) is 7.26. The zero-order valence-electron chi connectivity index (χ0n) is 48.2. The van der Waals surface area contributed by atoms with Gasteiger partial charge in [0.2, 0.25) is 17.7 Å². The van der Waals surface area contributed by atoms with Crippen LogP contribution in [-0.4, -0.2) is 170 Å². The maximum Gasteiger partial charge on any atom is 0.343 e. The summed E-state index contributed by atoms with van der Waals surface area (Å²) in [6, 6.07) is 20.0. The third kappa shape index (κ3) is 15.7. The van der Waals surface area contributed by atoms with Gasteiger partial charge in [0.15, 0.2) is 11.4 Å². The number of hydrogen-bond acceptors (Lipinski definition) is 15. The number of nitrogens with one attached hydrogen (secondary N) is 2. The van der Waals surface area contributed by atoms with Crippen molar-refractivity contribution >= 4 is 40.6 Å². The number of β-amino-alcohol motifs (C(OH)–C–C–N with tert-alkyl or cyclic N) is 1. The minimum absolute atomic E-state index is 0.0113. The number of aliphatic hydroxyl groups excluding tert-OH is 1. The van der Waals surface area contributed by atoms with Gasteiger partial charge in [-0.05, 0) is 99.1 Å². The van der Waals surface area contributed by atoms with E-state index in [1.165, 1.54) is 4.90 Å². The number of nitrogens with zero attached hydrogens (tertiary/aromatic N) is 4. The number of amides is 3. The van der Waals surface area contributed by atoms with Crippen LogP contribution in [0.4, 0.5) is 0 Å². The van der Waals surface area contributed by atoms with Crippen LogP contribution in [0.15, 0.2) is 78.0 Å². The van der Waals surface area contributed by atoms with Gasteiger partial charge in [0, 0.05) is 52.2 Å². The smallest absolute Gasteiger partial charge is 0.343 e. The van der Waals surface area contributed by atoms with E-state index in [4.69, 9.17) is 28.4 Å². The normalized spacial score (nSPS) is 21.7. The number of hydrogen-bond donors (Lipinski definition) is 3. The highest BCUT2D eigenvalue weighted by atomic mass is 32.1. The Bertz CT molecular complexity index is 2720. The number of thiazole rings is 1. The Morgan fingerprint density at radius 1 is 0.838 bits per heavy atom. The third-order valence-corrected chi connectivity index (χ3v) is 16.8. The lowest BCUT2D eigenvalue weighted by molar-refractivity contribution is -0.154. The fourth-order valence-corrected chi connectivity index (χ4v) is 12.3. The first kappa shape index (κ1) is 60.5. The van der Waals surface area contributed by atoms with Gasteiger partial charge in [0.25, 0.3) is 0 Å². The molecule has 8 rings (SSSR count).